The van der Waals surface area contributed by atoms with E-state index in [1.54, 1.807) is 0 Å². The van der Waals surface area contributed by atoms with E-state index in [4.69, 9.17) is 0 Å². The lowest BCUT2D eigenvalue weighted by Crippen LogP contribution is -2.11. The lowest BCUT2D eigenvalue weighted by atomic mass is 10.3. The van der Waals surface area contributed by atoms with Crippen molar-refractivity contribution < 1.29 is 17.6 Å². The first-order valence-electron chi connectivity index (χ1n) is 3.08. The van der Waals surface area contributed by atoms with E-state index in [-0.39, 0.29) is 5.56 Å². The third kappa shape index (κ3) is 1.66. The fourth-order valence-corrected chi connectivity index (χ4v) is 0.626. The molecule has 0 saturated heterocycles. The van der Waals surface area contributed by atoms with Gasteiger partial charge in [0.15, 0.2) is 5.43 Å². The van der Waals surface area contributed by atoms with Crippen LogP contribution in [0.2, 0.25) is 0 Å². The zero-order chi connectivity index (χ0) is 9.35. The summed E-state index contributed by atoms with van der Waals surface area (Å²) in [6, 6.07) is 0.440. The second kappa shape index (κ2) is 2.66. The molecule has 0 atom stereocenters. The van der Waals surface area contributed by atoms with Crippen LogP contribution in [0, 0.1) is 6.92 Å². The van der Waals surface area contributed by atoms with Crippen LogP contribution in [0.15, 0.2) is 21.5 Å². The maximum atomic E-state index is 11.9. The van der Waals surface area contributed by atoms with Crippen molar-refractivity contribution in [1.82, 2.24) is 0 Å². The molecule has 0 amide bonds. The van der Waals surface area contributed by atoms with Crippen molar-refractivity contribution in [1.29, 1.82) is 0 Å². The van der Waals surface area contributed by atoms with E-state index in [9.17, 15) is 18.0 Å². The molecular weight excluding hydrogens is 173 g/mol. The summed E-state index contributed by atoms with van der Waals surface area (Å²) >= 11 is 0. The molecule has 0 N–H and O–H groups in total. The molecule has 0 aliphatic carbocycles. The van der Waals surface area contributed by atoms with Crippen molar-refractivity contribution in [2.24, 2.45) is 0 Å². The molecule has 0 aromatic carbocycles. The number of hydrogen-bond acceptors (Lipinski definition) is 2. The van der Waals surface area contributed by atoms with Crippen LogP contribution in [0.3, 0.4) is 0 Å². The fourth-order valence-electron chi connectivity index (χ4n) is 0.626. The van der Waals surface area contributed by atoms with Crippen LogP contribution < -0.4 is 5.43 Å². The highest BCUT2D eigenvalue weighted by Crippen LogP contribution is 2.27. The van der Waals surface area contributed by atoms with Crippen LogP contribution in [-0.4, -0.2) is 0 Å². The first-order valence-corrected chi connectivity index (χ1v) is 3.08. The van der Waals surface area contributed by atoms with Crippen molar-refractivity contribution in [3.63, 3.8) is 0 Å². The molecule has 0 unspecified atom stereocenters. The van der Waals surface area contributed by atoms with Gasteiger partial charge in [0, 0.05) is 11.6 Å². The van der Waals surface area contributed by atoms with E-state index in [1.807, 2.05) is 0 Å². The van der Waals surface area contributed by atoms with Crippen molar-refractivity contribution in [3.8, 4) is 0 Å². The highest BCUT2D eigenvalue weighted by Gasteiger charge is 2.34. The maximum absolute atomic E-state index is 11.9. The molecule has 2 nitrogen and oxygen atoms in total. The third-order valence-corrected chi connectivity index (χ3v) is 1.29. The van der Waals surface area contributed by atoms with Gasteiger partial charge < -0.3 is 4.42 Å². The normalized spacial score (nSPS) is 11.7. The summed E-state index contributed by atoms with van der Waals surface area (Å²) in [6.45, 7) is 1.38. The third-order valence-electron chi connectivity index (χ3n) is 1.29. The maximum Gasteiger partial charge on any atom is 0.449 e. The SMILES string of the molecule is Cc1coc(C(F)(F)F)cc1=O. The predicted molar refractivity (Wildman–Crippen MR) is 34.7 cm³/mol. The van der Waals surface area contributed by atoms with Crippen molar-refractivity contribution >= 4 is 0 Å². The van der Waals surface area contributed by atoms with Crippen LogP contribution in [0.25, 0.3) is 0 Å². The summed E-state index contributed by atoms with van der Waals surface area (Å²) < 4.78 is 39.8. The Bertz CT molecular complexity index is 337. The second-order valence-electron chi connectivity index (χ2n) is 2.29. The van der Waals surface area contributed by atoms with E-state index in [2.05, 4.69) is 4.42 Å². The average Bonchev–Trinajstić information content (AvgIpc) is 1.92. The summed E-state index contributed by atoms with van der Waals surface area (Å²) in [7, 11) is 0. The Hall–Kier alpha value is -1.26. The lowest BCUT2D eigenvalue weighted by Gasteiger charge is -2.03. The molecule has 0 aliphatic heterocycles. The molecule has 12 heavy (non-hydrogen) atoms. The molecule has 1 heterocycles. The average molecular weight is 178 g/mol. The molecule has 1 aromatic heterocycles. The predicted octanol–water partition coefficient (Wildman–Crippen LogP) is 1.97. The Morgan fingerprint density at radius 1 is 1.42 bits per heavy atom. The van der Waals surface area contributed by atoms with Gasteiger partial charge in [-0.2, -0.15) is 13.2 Å². The van der Waals surface area contributed by atoms with E-state index in [0.29, 0.717) is 6.07 Å². The van der Waals surface area contributed by atoms with Crippen LogP contribution in [-0.2, 0) is 6.18 Å². The van der Waals surface area contributed by atoms with Crippen LogP contribution in [0.5, 0.6) is 0 Å². The number of alkyl halides is 3. The van der Waals surface area contributed by atoms with Gasteiger partial charge >= 0.3 is 6.18 Å². The minimum Gasteiger partial charge on any atom is -0.459 e. The van der Waals surface area contributed by atoms with Gasteiger partial charge in [-0.3, -0.25) is 4.79 Å². The highest BCUT2D eigenvalue weighted by molar-refractivity contribution is 5.11. The highest BCUT2D eigenvalue weighted by atomic mass is 19.4. The van der Waals surface area contributed by atoms with Crippen molar-refractivity contribution in [2.45, 2.75) is 13.1 Å². The van der Waals surface area contributed by atoms with E-state index in [0.717, 1.165) is 6.26 Å². The van der Waals surface area contributed by atoms with Crippen LogP contribution in [0.1, 0.15) is 11.3 Å². The monoisotopic (exact) mass is 178 g/mol. The zero-order valence-corrected chi connectivity index (χ0v) is 6.11. The molecule has 5 heteroatoms. The minimum atomic E-state index is -4.59. The van der Waals surface area contributed by atoms with Gasteiger partial charge in [-0.05, 0) is 6.92 Å². The quantitative estimate of drug-likeness (QED) is 0.607. The summed E-state index contributed by atoms with van der Waals surface area (Å²) in [4.78, 5) is 10.7. The Morgan fingerprint density at radius 2 is 2.00 bits per heavy atom. The molecule has 66 valence electrons. The van der Waals surface area contributed by atoms with Crippen molar-refractivity contribution in [3.05, 3.63) is 33.9 Å². The zero-order valence-electron chi connectivity index (χ0n) is 6.11. The van der Waals surface area contributed by atoms with Crippen molar-refractivity contribution in [2.75, 3.05) is 0 Å². The van der Waals surface area contributed by atoms with E-state index in [1.165, 1.54) is 6.92 Å². The smallest absolute Gasteiger partial charge is 0.449 e. The van der Waals surface area contributed by atoms with Gasteiger partial charge in [0.2, 0.25) is 5.76 Å². The summed E-state index contributed by atoms with van der Waals surface area (Å²) in [5.74, 6) is -1.27. The van der Waals surface area contributed by atoms with Gasteiger partial charge in [0.1, 0.15) is 0 Å². The Morgan fingerprint density at radius 3 is 2.42 bits per heavy atom. The molecule has 0 radical (unpaired) electrons. The van der Waals surface area contributed by atoms with Crippen LogP contribution >= 0.6 is 0 Å². The fraction of sp³-hybridized carbons (Fsp3) is 0.286. The molecule has 0 bridgehead atoms. The van der Waals surface area contributed by atoms with Gasteiger partial charge in [-0.1, -0.05) is 0 Å². The standard InChI is InChI=1S/C7H5F3O2/c1-4-3-12-6(2-5(4)11)7(8,9)10/h2-3H,1H3. The van der Waals surface area contributed by atoms with Gasteiger partial charge in [-0.25, -0.2) is 0 Å². The van der Waals surface area contributed by atoms with Crippen LogP contribution in [0.4, 0.5) is 13.2 Å². The second-order valence-corrected chi connectivity index (χ2v) is 2.29. The molecule has 0 saturated carbocycles. The molecule has 0 spiro atoms. The number of aryl methyl sites for hydroxylation is 1. The van der Waals surface area contributed by atoms with Gasteiger partial charge in [-0.15, -0.1) is 0 Å². The summed E-state index contributed by atoms with van der Waals surface area (Å²) in [5.41, 5.74) is -0.517. The molecular formula is C7H5F3O2. The van der Waals surface area contributed by atoms with Gasteiger partial charge in [0.05, 0.1) is 6.26 Å². The molecule has 1 aromatic rings. The molecule has 1 rings (SSSR count). The first-order chi connectivity index (χ1) is 5.41. The Labute approximate surface area is 65.6 Å². The Balaban J connectivity index is 3.23. The first kappa shape index (κ1) is 8.83. The molecule has 0 fully saturated rings. The van der Waals surface area contributed by atoms with Gasteiger partial charge in [0.25, 0.3) is 0 Å². The number of hydrogen-bond donors (Lipinski definition) is 0. The Kier molecular flexibility index (Phi) is 1.95. The van der Waals surface area contributed by atoms with E-state index >= 15 is 0 Å². The molecule has 0 aliphatic rings. The summed E-state index contributed by atoms with van der Waals surface area (Å²) in [6.07, 6.45) is -3.79. The number of rotatable bonds is 0. The lowest BCUT2D eigenvalue weighted by molar-refractivity contribution is -0.154. The minimum absolute atomic E-state index is 0.156. The topological polar surface area (TPSA) is 30.2 Å². The number of halogens is 3. The van der Waals surface area contributed by atoms with E-state index < -0.39 is 17.4 Å². The summed E-state index contributed by atoms with van der Waals surface area (Å²) in [5, 5.41) is 0. The largest absolute Gasteiger partial charge is 0.459 e.